The third-order valence-electron chi connectivity index (χ3n) is 4.40. The van der Waals surface area contributed by atoms with Crippen LogP contribution in [0.1, 0.15) is 10.5 Å². The lowest BCUT2D eigenvalue weighted by Gasteiger charge is -2.16. The number of rotatable bonds is 5. The van der Waals surface area contributed by atoms with Crippen LogP contribution in [-0.4, -0.2) is 26.0 Å². The summed E-state index contributed by atoms with van der Waals surface area (Å²) in [6.07, 6.45) is 1.09. The van der Waals surface area contributed by atoms with Gasteiger partial charge in [0.25, 0.3) is 5.43 Å². The first-order valence-electron chi connectivity index (χ1n) is 9.02. The molecule has 0 amide bonds. The third-order valence-corrected chi connectivity index (χ3v) is 4.40. The Bertz CT molecular complexity index is 1280. The number of para-hydroxylation sites is 3. The highest BCUT2D eigenvalue weighted by atomic mass is 16.5. The summed E-state index contributed by atoms with van der Waals surface area (Å²) in [4.78, 5) is 23.2. The summed E-state index contributed by atoms with van der Waals surface area (Å²) in [7, 11) is 0. The molecule has 148 valence electrons. The molecule has 0 aliphatic heterocycles. The van der Waals surface area contributed by atoms with E-state index < -0.39 is 22.8 Å². The number of aromatic hydroxyl groups is 1. The van der Waals surface area contributed by atoms with Gasteiger partial charge in [0.2, 0.25) is 5.69 Å². The summed E-state index contributed by atoms with van der Waals surface area (Å²) in [5.41, 5.74) is 0.0758. The zero-order chi connectivity index (χ0) is 21.1. The Morgan fingerprint density at radius 3 is 2.23 bits per heavy atom. The van der Waals surface area contributed by atoms with Gasteiger partial charge in [-0.1, -0.05) is 54.6 Å². The summed E-state index contributed by atoms with van der Waals surface area (Å²) >= 11 is 0. The predicted octanol–water partition coefficient (Wildman–Crippen LogP) is 4.10. The van der Waals surface area contributed by atoms with E-state index in [1.807, 2.05) is 66.7 Å². The Labute approximate surface area is 171 Å². The molecule has 3 aromatic carbocycles. The van der Waals surface area contributed by atoms with Gasteiger partial charge in [-0.3, -0.25) is 4.79 Å². The van der Waals surface area contributed by atoms with Crippen molar-refractivity contribution in [1.29, 1.82) is 0 Å². The second kappa shape index (κ2) is 7.92. The largest absolute Gasteiger partial charge is 0.503 e. The number of carboxylic acids is 1. The van der Waals surface area contributed by atoms with Gasteiger partial charge in [0.15, 0.2) is 5.75 Å². The van der Waals surface area contributed by atoms with Crippen molar-refractivity contribution in [3.05, 3.63) is 101 Å². The standard InChI is InChI=1S/C23H16N2O5/c26-19-14-25(24-21(22(19)27)23(28)29)18-12-6-4-10-16(18)17-11-5-7-13-20(17)30-15-8-2-1-3-9-15/h1-14,26H,(H,28,29). The van der Waals surface area contributed by atoms with E-state index in [4.69, 9.17) is 4.74 Å². The maximum absolute atomic E-state index is 11.9. The molecule has 4 aromatic rings. The van der Waals surface area contributed by atoms with Crippen LogP contribution >= 0.6 is 0 Å². The van der Waals surface area contributed by atoms with Gasteiger partial charge in [-0.15, -0.1) is 0 Å². The van der Waals surface area contributed by atoms with Crippen LogP contribution < -0.4 is 10.2 Å². The fraction of sp³-hybridized carbons (Fsp3) is 0. The zero-order valence-electron chi connectivity index (χ0n) is 15.6. The normalized spacial score (nSPS) is 10.5. The fourth-order valence-electron chi connectivity index (χ4n) is 3.04. The quantitative estimate of drug-likeness (QED) is 0.523. The second-order valence-corrected chi connectivity index (χ2v) is 6.37. The lowest BCUT2D eigenvalue weighted by molar-refractivity contribution is 0.0686. The Morgan fingerprint density at radius 2 is 1.50 bits per heavy atom. The number of carboxylic acid groups (broad SMARTS) is 1. The molecule has 1 heterocycles. The van der Waals surface area contributed by atoms with Crippen LogP contribution in [0.2, 0.25) is 0 Å². The Hall–Kier alpha value is -4.39. The van der Waals surface area contributed by atoms with E-state index in [0.29, 0.717) is 22.7 Å². The number of hydrogen-bond acceptors (Lipinski definition) is 5. The summed E-state index contributed by atoms with van der Waals surface area (Å²) in [6, 6.07) is 23.8. The number of ether oxygens (including phenoxy) is 1. The molecule has 4 rings (SSSR count). The van der Waals surface area contributed by atoms with Gasteiger partial charge in [0.05, 0.1) is 11.9 Å². The lowest BCUT2D eigenvalue weighted by atomic mass is 10.0. The van der Waals surface area contributed by atoms with Crippen LogP contribution in [0.15, 0.2) is 89.9 Å². The minimum absolute atomic E-state index is 0.472. The maximum Gasteiger partial charge on any atom is 0.360 e. The van der Waals surface area contributed by atoms with Gasteiger partial charge in [0, 0.05) is 11.1 Å². The molecule has 0 saturated carbocycles. The maximum atomic E-state index is 11.9. The van der Waals surface area contributed by atoms with Crippen LogP contribution in [0, 0.1) is 0 Å². The third kappa shape index (κ3) is 3.64. The molecule has 7 heteroatoms. The van der Waals surface area contributed by atoms with E-state index in [0.717, 1.165) is 11.8 Å². The fourth-order valence-corrected chi connectivity index (χ4v) is 3.04. The molecule has 1 aromatic heterocycles. The molecule has 0 radical (unpaired) electrons. The van der Waals surface area contributed by atoms with E-state index in [2.05, 4.69) is 5.10 Å². The molecule has 0 saturated heterocycles. The molecule has 0 bridgehead atoms. The van der Waals surface area contributed by atoms with E-state index in [-0.39, 0.29) is 0 Å². The number of hydrogen-bond donors (Lipinski definition) is 2. The van der Waals surface area contributed by atoms with E-state index in [9.17, 15) is 19.8 Å². The minimum Gasteiger partial charge on any atom is -0.503 e. The van der Waals surface area contributed by atoms with Crippen molar-refractivity contribution in [2.24, 2.45) is 0 Å². The molecule has 0 atom stereocenters. The first kappa shape index (κ1) is 18.9. The van der Waals surface area contributed by atoms with Gasteiger partial charge in [-0.25, -0.2) is 9.48 Å². The molecule has 7 nitrogen and oxygen atoms in total. The lowest BCUT2D eigenvalue weighted by Crippen LogP contribution is -2.21. The van der Waals surface area contributed by atoms with E-state index in [1.165, 1.54) is 4.68 Å². The Morgan fingerprint density at radius 1 is 0.867 bits per heavy atom. The van der Waals surface area contributed by atoms with Crippen molar-refractivity contribution in [1.82, 2.24) is 9.78 Å². The number of benzene rings is 3. The topological polar surface area (TPSA) is 102 Å². The Balaban J connectivity index is 1.87. The second-order valence-electron chi connectivity index (χ2n) is 6.37. The van der Waals surface area contributed by atoms with Crippen molar-refractivity contribution in [2.45, 2.75) is 0 Å². The summed E-state index contributed by atoms with van der Waals surface area (Å²) in [5, 5.41) is 23.1. The van der Waals surface area contributed by atoms with Gasteiger partial charge in [-0.2, -0.15) is 5.10 Å². The minimum atomic E-state index is -1.52. The molecule has 0 aliphatic rings. The highest BCUT2D eigenvalue weighted by Gasteiger charge is 2.18. The number of nitrogens with zero attached hydrogens (tertiary/aromatic N) is 2. The average molecular weight is 400 g/mol. The van der Waals surface area contributed by atoms with Crippen LogP contribution in [-0.2, 0) is 0 Å². The van der Waals surface area contributed by atoms with Crippen LogP contribution in [0.5, 0.6) is 17.2 Å². The van der Waals surface area contributed by atoms with Crippen LogP contribution in [0.25, 0.3) is 16.8 Å². The van der Waals surface area contributed by atoms with Crippen LogP contribution in [0.3, 0.4) is 0 Å². The van der Waals surface area contributed by atoms with Crippen molar-refractivity contribution in [3.63, 3.8) is 0 Å². The van der Waals surface area contributed by atoms with Crippen molar-refractivity contribution in [2.75, 3.05) is 0 Å². The summed E-state index contributed by atoms with van der Waals surface area (Å²) < 4.78 is 7.21. The molecule has 0 aliphatic carbocycles. The predicted molar refractivity (Wildman–Crippen MR) is 110 cm³/mol. The molecular weight excluding hydrogens is 384 g/mol. The molecule has 0 spiro atoms. The van der Waals surface area contributed by atoms with Gasteiger partial charge >= 0.3 is 5.97 Å². The Kier molecular flexibility index (Phi) is 5.00. The molecular formula is C23H16N2O5. The van der Waals surface area contributed by atoms with Crippen molar-refractivity contribution >= 4 is 5.97 Å². The smallest absolute Gasteiger partial charge is 0.360 e. The van der Waals surface area contributed by atoms with Crippen molar-refractivity contribution in [3.8, 4) is 34.1 Å². The molecule has 0 unspecified atom stereocenters. The summed E-state index contributed by atoms with van der Waals surface area (Å²) in [5.74, 6) is -0.976. The summed E-state index contributed by atoms with van der Waals surface area (Å²) in [6.45, 7) is 0. The SMILES string of the molecule is O=C(O)c1nn(-c2ccccc2-c2ccccc2Oc2ccccc2)cc(O)c1=O. The average Bonchev–Trinajstić information content (AvgIpc) is 2.76. The van der Waals surface area contributed by atoms with Gasteiger partial charge in [-0.05, 0) is 24.3 Å². The van der Waals surface area contributed by atoms with Gasteiger partial charge < -0.3 is 14.9 Å². The highest BCUT2D eigenvalue weighted by molar-refractivity contribution is 5.85. The monoisotopic (exact) mass is 400 g/mol. The number of carbonyl (C=O) groups is 1. The zero-order valence-corrected chi connectivity index (χ0v) is 15.6. The molecule has 2 N–H and O–H groups in total. The van der Waals surface area contributed by atoms with Crippen LogP contribution in [0.4, 0.5) is 0 Å². The number of aromatic carboxylic acids is 1. The first-order chi connectivity index (χ1) is 14.5. The van der Waals surface area contributed by atoms with E-state index >= 15 is 0 Å². The molecule has 30 heavy (non-hydrogen) atoms. The highest BCUT2D eigenvalue weighted by Crippen LogP contribution is 2.36. The van der Waals surface area contributed by atoms with Gasteiger partial charge in [0.1, 0.15) is 11.5 Å². The molecule has 0 fully saturated rings. The first-order valence-corrected chi connectivity index (χ1v) is 9.02. The van der Waals surface area contributed by atoms with Crippen molar-refractivity contribution < 1.29 is 19.7 Å². The van der Waals surface area contributed by atoms with E-state index in [1.54, 1.807) is 12.1 Å². The number of aromatic nitrogens is 2.